The van der Waals surface area contributed by atoms with Gasteiger partial charge in [-0.2, -0.15) is 9.97 Å². The van der Waals surface area contributed by atoms with Gasteiger partial charge >= 0.3 is 6.01 Å². The lowest BCUT2D eigenvalue weighted by molar-refractivity contribution is -0.00182. The maximum atomic E-state index is 14.9. The molecule has 0 unspecified atom stereocenters. The quantitative estimate of drug-likeness (QED) is 0.429. The molecular formula is C28H32F4N8O. The average Bonchev–Trinajstić information content (AvgIpc) is 3.60. The molecule has 4 aliphatic rings. The normalized spacial score (nSPS) is 25.6. The number of hydrogen-bond donors (Lipinski definition) is 2. The van der Waals surface area contributed by atoms with Crippen LogP contribution in [-0.4, -0.2) is 82.4 Å². The second kappa shape index (κ2) is 9.90. The van der Waals surface area contributed by atoms with Gasteiger partial charge in [0.05, 0.1) is 27.8 Å². The zero-order valence-corrected chi connectivity index (χ0v) is 22.6. The fraction of sp³-hybridized carbons (Fsp3) is 0.571. The molecule has 0 radical (unpaired) electrons. The van der Waals surface area contributed by atoms with Crippen molar-refractivity contribution in [2.75, 3.05) is 56.5 Å². The van der Waals surface area contributed by atoms with Crippen LogP contribution < -0.4 is 20.7 Å². The molecule has 0 spiro atoms. The number of nitrogen functional groups attached to an aromatic ring is 1. The van der Waals surface area contributed by atoms with E-state index < -0.39 is 24.3 Å². The minimum atomic E-state index is -3.04. The Labute approximate surface area is 234 Å². The summed E-state index contributed by atoms with van der Waals surface area (Å²) in [7, 11) is 0. The summed E-state index contributed by atoms with van der Waals surface area (Å²) < 4.78 is 64.8. The standard InChI is InChI=1S/C28H32F4N8O/c29-12-18-22-19(13-35-23(18)24-17-2-4-28(31,32)20(17)10-21(33)36-24)25(39-8-5-34-6-9-39)38-26(37-22)41-15-27-3-1-7-40(27)14-16(30)11-27/h10,13,16,34H,1-9,11-12,14-15H2,(H2,33,36)/t16-,27+/m1/s1. The first-order valence-electron chi connectivity index (χ1n) is 14.2. The SMILES string of the molecule is Nc1cc2c(c(-c3ncc4c(N5CCNCC5)nc(OC[C@@]56CCCN5C[C@H](F)C6)nc4c3CF)n1)CCC2(F)F. The number of fused-ring (bicyclic) bond motifs is 3. The van der Waals surface area contributed by atoms with Crippen LogP contribution in [0.4, 0.5) is 29.2 Å². The van der Waals surface area contributed by atoms with Crippen molar-refractivity contribution in [3.63, 3.8) is 0 Å². The van der Waals surface area contributed by atoms with Crippen LogP contribution in [0.25, 0.3) is 22.3 Å². The van der Waals surface area contributed by atoms with E-state index in [1.54, 1.807) is 6.20 Å². The number of pyridine rings is 2. The minimum Gasteiger partial charge on any atom is -0.461 e. The molecule has 6 heterocycles. The summed E-state index contributed by atoms with van der Waals surface area (Å²) in [6.45, 7) is 3.30. The number of nitrogens with one attached hydrogen (secondary N) is 1. The number of nitrogens with zero attached hydrogens (tertiary/aromatic N) is 6. The molecule has 0 amide bonds. The van der Waals surface area contributed by atoms with E-state index in [-0.39, 0.29) is 59.3 Å². The Hall–Kier alpha value is -3.32. The third-order valence-electron chi connectivity index (χ3n) is 9.03. The highest BCUT2D eigenvalue weighted by Crippen LogP contribution is 2.46. The first-order chi connectivity index (χ1) is 19.8. The number of halogens is 4. The fourth-order valence-electron chi connectivity index (χ4n) is 7.05. The Bertz CT molecular complexity index is 1500. The van der Waals surface area contributed by atoms with Crippen molar-refractivity contribution < 1.29 is 22.3 Å². The monoisotopic (exact) mass is 572 g/mol. The zero-order chi connectivity index (χ0) is 28.4. The first-order valence-corrected chi connectivity index (χ1v) is 14.2. The Morgan fingerprint density at radius 3 is 2.73 bits per heavy atom. The van der Waals surface area contributed by atoms with E-state index in [2.05, 4.69) is 30.1 Å². The molecule has 3 fully saturated rings. The van der Waals surface area contributed by atoms with E-state index in [0.29, 0.717) is 42.8 Å². The predicted molar refractivity (Wildman–Crippen MR) is 146 cm³/mol. The topological polar surface area (TPSA) is 105 Å². The molecule has 2 atom stereocenters. The van der Waals surface area contributed by atoms with Crippen LogP contribution in [0, 0.1) is 0 Å². The molecule has 3 aromatic heterocycles. The maximum absolute atomic E-state index is 14.9. The fourth-order valence-corrected chi connectivity index (χ4v) is 7.05. The van der Waals surface area contributed by atoms with Gasteiger partial charge in [-0.3, -0.25) is 9.88 Å². The van der Waals surface area contributed by atoms with Crippen molar-refractivity contribution in [3.8, 4) is 17.4 Å². The van der Waals surface area contributed by atoms with Crippen LogP contribution in [0.3, 0.4) is 0 Å². The average molecular weight is 573 g/mol. The predicted octanol–water partition coefficient (Wildman–Crippen LogP) is 3.54. The molecule has 0 aromatic carbocycles. The van der Waals surface area contributed by atoms with Gasteiger partial charge in [0.2, 0.25) is 0 Å². The maximum Gasteiger partial charge on any atom is 0.319 e. The van der Waals surface area contributed by atoms with Crippen molar-refractivity contribution in [1.82, 2.24) is 30.2 Å². The molecule has 1 aliphatic carbocycles. The van der Waals surface area contributed by atoms with Crippen LogP contribution >= 0.6 is 0 Å². The number of alkyl halides is 4. The summed E-state index contributed by atoms with van der Waals surface area (Å²) >= 11 is 0. The Kier molecular flexibility index (Phi) is 6.42. The van der Waals surface area contributed by atoms with Crippen molar-refractivity contribution >= 4 is 22.5 Å². The number of aromatic nitrogens is 4. The summed E-state index contributed by atoms with van der Waals surface area (Å²) in [5.74, 6) is -2.56. The number of piperazine rings is 1. The van der Waals surface area contributed by atoms with E-state index >= 15 is 0 Å². The molecule has 218 valence electrons. The van der Waals surface area contributed by atoms with Crippen molar-refractivity contribution in [3.05, 3.63) is 29.0 Å². The molecule has 3 saturated heterocycles. The third kappa shape index (κ3) is 4.44. The van der Waals surface area contributed by atoms with E-state index in [1.165, 1.54) is 6.07 Å². The molecule has 0 saturated carbocycles. The number of nitrogens with two attached hydrogens (primary N) is 1. The summed E-state index contributed by atoms with van der Waals surface area (Å²) in [6, 6.07) is 1.26. The van der Waals surface area contributed by atoms with Gasteiger partial charge in [-0.15, -0.1) is 0 Å². The van der Waals surface area contributed by atoms with Crippen LogP contribution in [0.15, 0.2) is 12.3 Å². The molecule has 3 aliphatic heterocycles. The van der Waals surface area contributed by atoms with Crippen molar-refractivity contribution in [2.24, 2.45) is 0 Å². The Balaban J connectivity index is 1.35. The van der Waals surface area contributed by atoms with Gasteiger partial charge in [0.1, 0.15) is 31.1 Å². The molecule has 0 bridgehead atoms. The smallest absolute Gasteiger partial charge is 0.319 e. The number of ether oxygens (including phenoxy) is 1. The van der Waals surface area contributed by atoms with Gasteiger partial charge in [0.15, 0.2) is 0 Å². The highest BCUT2D eigenvalue weighted by Gasteiger charge is 2.49. The van der Waals surface area contributed by atoms with Crippen molar-refractivity contribution in [2.45, 2.75) is 56.4 Å². The third-order valence-corrected chi connectivity index (χ3v) is 9.03. The molecule has 3 N–H and O–H groups in total. The van der Waals surface area contributed by atoms with Crippen LogP contribution in [0.1, 0.15) is 42.4 Å². The van der Waals surface area contributed by atoms with E-state index in [9.17, 15) is 17.6 Å². The van der Waals surface area contributed by atoms with E-state index in [1.807, 2.05) is 0 Å². The number of anilines is 2. The van der Waals surface area contributed by atoms with Crippen LogP contribution in [0.2, 0.25) is 0 Å². The zero-order valence-electron chi connectivity index (χ0n) is 22.6. The van der Waals surface area contributed by atoms with Gasteiger partial charge in [0.25, 0.3) is 5.92 Å². The minimum absolute atomic E-state index is 0.0683. The van der Waals surface area contributed by atoms with Crippen molar-refractivity contribution in [1.29, 1.82) is 0 Å². The van der Waals surface area contributed by atoms with Gasteiger partial charge in [-0.05, 0) is 37.4 Å². The summed E-state index contributed by atoms with van der Waals surface area (Å²) in [6.07, 6.45) is 2.55. The van der Waals surface area contributed by atoms with Crippen LogP contribution in [0.5, 0.6) is 6.01 Å². The Morgan fingerprint density at radius 2 is 1.93 bits per heavy atom. The van der Waals surface area contributed by atoms with Gasteiger partial charge in [-0.1, -0.05) is 0 Å². The van der Waals surface area contributed by atoms with E-state index in [4.69, 9.17) is 15.5 Å². The first kappa shape index (κ1) is 26.6. The lowest BCUT2D eigenvalue weighted by Crippen LogP contribution is -2.44. The van der Waals surface area contributed by atoms with Gasteiger partial charge < -0.3 is 20.7 Å². The summed E-state index contributed by atoms with van der Waals surface area (Å²) in [4.78, 5) is 22.5. The molecular weight excluding hydrogens is 540 g/mol. The second-order valence-electron chi connectivity index (χ2n) is 11.5. The molecule has 7 rings (SSSR count). The number of hydrogen-bond acceptors (Lipinski definition) is 9. The molecule has 3 aromatic rings. The highest BCUT2D eigenvalue weighted by atomic mass is 19.3. The lowest BCUT2D eigenvalue weighted by Gasteiger charge is -2.32. The van der Waals surface area contributed by atoms with Crippen LogP contribution in [-0.2, 0) is 19.0 Å². The van der Waals surface area contributed by atoms with Gasteiger partial charge in [0, 0.05) is 62.9 Å². The summed E-state index contributed by atoms with van der Waals surface area (Å²) in [5.41, 5.74) is 6.35. The molecule has 41 heavy (non-hydrogen) atoms. The van der Waals surface area contributed by atoms with Gasteiger partial charge in [-0.25, -0.2) is 22.5 Å². The highest BCUT2D eigenvalue weighted by molar-refractivity contribution is 5.94. The summed E-state index contributed by atoms with van der Waals surface area (Å²) in [5, 5.41) is 3.85. The number of rotatable bonds is 6. The second-order valence-corrected chi connectivity index (χ2v) is 11.5. The Morgan fingerprint density at radius 1 is 1.10 bits per heavy atom. The molecule has 13 heteroatoms. The largest absolute Gasteiger partial charge is 0.461 e. The lowest BCUT2D eigenvalue weighted by atomic mass is 9.95. The van der Waals surface area contributed by atoms with E-state index in [0.717, 1.165) is 32.5 Å². The molecule has 9 nitrogen and oxygen atoms in total.